The highest BCUT2D eigenvalue weighted by Crippen LogP contribution is 2.45. The second-order valence-corrected chi connectivity index (χ2v) is 7.23. The number of hydrazone groups is 1. The lowest BCUT2D eigenvalue weighted by Gasteiger charge is -2.42. The van der Waals surface area contributed by atoms with E-state index in [1.165, 1.54) is 50.8 Å². The summed E-state index contributed by atoms with van der Waals surface area (Å²) in [6, 6.07) is 10.9. The van der Waals surface area contributed by atoms with Gasteiger partial charge in [0.05, 0.1) is 5.54 Å². The van der Waals surface area contributed by atoms with Gasteiger partial charge in [0, 0.05) is 32.3 Å². The summed E-state index contributed by atoms with van der Waals surface area (Å²) in [5.41, 5.74) is 1.82. The first-order valence-electron chi connectivity index (χ1n) is 8.93. The largest absolute Gasteiger partial charge is 0.299 e. The van der Waals surface area contributed by atoms with E-state index in [2.05, 4.69) is 46.5 Å². The van der Waals surface area contributed by atoms with E-state index in [1.54, 1.807) is 0 Å². The van der Waals surface area contributed by atoms with Gasteiger partial charge in [0.2, 0.25) is 0 Å². The molecular formula is C19H27N3. The van der Waals surface area contributed by atoms with Gasteiger partial charge in [-0.1, -0.05) is 43.2 Å². The van der Waals surface area contributed by atoms with Crippen LogP contribution in [-0.2, 0) is 6.54 Å². The van der Waals surface area contributed by atoms with E-state index in [1.807, 2.05) is 0 Å². The molecule has 0 aromatic heterocycles. The van der Waals surface area contributed by atoms with Crippen LogP contribution in [0.25, 0.3) is 0 Å². The number of hydrogen-bond donors (Lipinski definition) is 0. The van der Waals surface area contributed by atoms with E-state index in [0.717, 1.165) is 25.4 Å². The molecule has 1 aromatic rings. The molecule has 1 atom stereocenters. The third-order valence-corrected chi connectivity index (χ3v) is 5.96. The van der Waals surface area contributed by atoms with Crippen LogP contribution in [0, 0.1) is 5.92 Å². The molecule has 1 unspecified atom stereocenters. The maximum absolute atomic E-state index is 4.73. The van der Waals surface area contributed by atoms with E-state index >= 15 is 0 Å². The lowest BCUT2D eigenvalue weighted by atomic mass is 9.81. The third-order valence-electron chi connectivity index (χ3n) is 5.96. The molecule has 3 nitrogen and oxygen atoms in total. The zero-order valence-electron chi connectivity index (χ0n) is 13.5. The molecule has 22 heavy (non-hydrogen) atoms. The van der Waals surface area contributed by atoms with Crippen molar-refractivity contribution < 1.29 is 0 Å². The smallest absolute Gasteiger partial charge is 0.0620 e. The molecule has 3 aliphatic rings. The molecule has 1 saturated carbocycles. The Labute approximate surface area is 134 Å². The molecule has 2 fully saturated rings. The highest BCUT2D eigenvalue weighted by molar-refractivity contribution is 5.59. The van der Waals surface area contributed by atoms with Crippen LogP contribution in [0.5, 0.6) is 0 Å². The molecule has 0 spiro atoms. The van der Waals surface area contributed by atoms with Crippen molar-refractivity contribution in [1.82, 2.24) is 9.91 Å². The third kappa shape index (κ3) is 2.56. The van der Waals surface area contributed by atoms with E-state index in [9.17, 15) is 0 Å². The van der Waals surface area contributed by atoms with Crippen molar-refractivity contribution in [2.24, 2.45) is 11.0 Å². The summed E-state index contributed by atoms with van der Waals surface area (Å²) in [6.45, 7) is 4.76. The molecule has 0 amide bonds. The fourth-order valence-electron chi connectivity index (χ4n) is 4.85. The second-order valence-electron chi connectivity index (χ2n) is 7.23. The van der Waals surface area contributed by atoms with E-state index in [-0.39, 0.29) is 0 Å². The number of nitrogens with zero attached hydrogens (tertiary/aromatic N) is 3. The number of hydrogen-bond acceptors (Lipinski definition) is 3. The predicted octanol–water partition coefficient (Wildman–Crippen LogP) is 3.51. The van der Waals surface area contributed by atoms with Crippen molar-refractivity contribution in [1.29, 1.82) is 0 Å². The molecule has 0 N–H and O–H groups in total. The van der Waals surface area contributed by atoms with Crippen molar-refractivity contribution in [3.63, 3.8) is 0 Å². The van der Waals surface area contributed by atoms with Crippen LogP contribution in [0.3, 0.4) is 0 Å². The van der Waals surface area contributed by atoms with Gasteiger partial charge in [0.25, 0.3) is 0 Å². The zero-order chi connectivity index (χ0) is 14.8. The van der Waals surface area contributed by atoms with Gasteiger partial charge >= 0.3 is 0 Å². The van der Waals surface area contributed by atoms with Crippen molar-refractivity contribution in [2.45, 2.75) is 50.6 Å². The standard InChI is InChI=1S/C19H27N3/c1-2-7-17(8-3-1)15-21-14-9-18(16-21)19(10-4-5-11-19)22-13-6-12-20-22/h1-3,7-8,12,18H,4-6,9-11,13-16H2. The van der Waals surface area contributed by atoms with Crippen LogP contribution in [0.2, 0.25) is 0 Å². The van der Waals surface area contributed by atoms with E-state index < -0.39 is 0 Å². The maximum atomic E-state index is 4.73. The quantitative estimate of drug-likeness (QED) is 0.847. The van der Waals surface area contributed by atoms with Crippen LogP contribution >= 0.6 is 0 Å². The lowest BCUT2D eigenvalue weighted by Crippen LogP contribution is -2.49. The summed E-state index contributed by atoms with van der Waals surface area (Å²) in [7, 11) is 0. The second kappa shape index (κ2) is 6.04. The highest BCUT2D eigenvalue weighted by Gasteiger charge is 2.48. The average molecular weight is 297 g/mol. The molecular weight excluding hydrogens is 270 g/mol. The van der Waals surface area contributed by atoms with Crippen molar-refractivity contribution in [3.05, 3.63) is 35.9 Å². The highest BCUT2D eigenvalue weighted by atomic mass is 15.5. The average Bonchev–Trinajstić information content (AvgIpc) is 3.30. The number of benzene rings is 1. The SMILES string of the molecule is C1=NN(C2(C3CCN(Cc4ccccc4)C3)CCCC2)CC1. The van der Waals surface area contributed by atoms with E-state index in [4.69, 9.17) is 5.10 Å². The van der Waals surface area contributed by atoms with Gasteiger partial charge < -0.3 is 0 Å². The van der Waals surface area contributed by atoms with Gasteiger partial charge in [-0.25, -0.2) is 0 Å². The molecule has 1 aliphatic carbocycles. The maximum Gasteiger partial charge on any atom is 0.0620 e. The molecule has 0 radical (unpaired) electrons. The molecule has 1 aromatic carbocycles. The molecule has 2 heterocycles. The summed E-state index contributed by atoms with van der Waals surface area (Å²) in [4.78, 5) is 2.65. The van der Waals surface area contributed by atoms with Crippen molar-refractivity contribution >= 4 is 6.21 Å². The Bertz CT molecular complexity index is 519. The van der Waals surface area contributed by atoms with Gasteiger partial charge in [-0.05, 0) is 37.3 Å². The molecule has 2 aliphatic heterocycles. The van der Waals surface area contributed by atoms with Gasteiger partial charge in [0.15, 0.2) is 0 Å². The summed E-state index contributed by atoms with van der Waals surface area (Å²) >= 11 is 0. The zero-order valence-corrected chi connectivity index (χ0v) is 13.5. The van der Waals surface area contributed by atoms with Crippen LogP contribution in [-0.4, -0.2) is 41.3 Å². The van der Waals surface area contributed by atoms with Gasteiger partial charge in [-0.3, -0.25) is 9.91 Å². The minimum absolute atomic E-state index is 0.373. The molecule has 4 rings (SSSR count). The van der Waals surface area contributed by atoms with Crippen LogP contribution in [0.4, 0.5) is 0 Å². The fourth-order valence-corrected chi connectivity index (χ4v) is 4.85. The Kier molecular flexibility index (Phi) is 3.91. The monoisotopic (exact) mass is 297 g/mol. The first-order chi connectivity index (χ1) is 10.9. The summed E-state index contributed by atoms with van der Waals surface area (Å²) in [6.07, 6.45) is 10.1. The number of likely N-dealkylation sites (tertiary alicyclic amines) is 1. The minimum Gasteiger partial charge on any atom is -0.299 e. The van der Waals surface area contributed by atoms with E-state index in [0.29, 0.717) is 5.54 Å². The Morgan fingerprint density at radius 2 is 1.91 bits per heavy atom. The number of rotatable bonds is 4. The molecule has 118 valence electrons. The summed E-state index contributed by atoms with van der Waals surface area (Å²) in [5, 5.41) is 7.20. The first kappa shape index (κ1) is 14.3. The Balaban J connectivity index is 1.45. The Morgan fingerprint density at radius 3 is 2.64 bits per heavy atom. The van der Waals surface area contributed by atoms with Crippen molar-refractivity contribution in [3.8, 4) is 0 Å². The molecule has 0 bridgehead atoms. The van der Waals surface area contributed by atoms with Crippen LogP contribution in [0.1, 0.15) is 44.1 Å². The Morgan fingerprint density at radius 1 is 1.09 bits per heavy atom. The normalized spacial score (nSPS) is 27.8. The first-order valence-corrected chi connectivity index (χ1v) is 8.93. The summed E-state index contributed by atoms with van der Waals surface area (Å²) < 4.78 is 0. The van der Waals surface area contributed by atoms with Crippen LogP contribution < -0.4 is 0 Å². The van der Waals surface area contributed by atoms with Gasteiger partial charge in [-0.2, -0.15) is 5.10 Å². The van der Waals surface area contributed by atoms with Gasteiger partial charge in [0.1, 0.15) is 0 Å². The van der Waals surface area contributed by atoms with Crippen molar-refractivity contribution in [2.75, 3.05) is 19.6 Å². The molecule has 3 heteroatoms. The Hall–Kier alpha value is -1.35. The molecule has 1 saturated heterocycles. The summed E-state index contributed by atoms with van der Waals surface area (Å²) in [5.74, 6) is 0.800. The topological polar surface area (TPSA) is 18.8 Å². The van der Waals surface area contributed by atoms with Gasteiger partial charge in [-0.15, -0.1) is 0 Å². The fraction of sp³-hybridized carbons (Fsp3) is 0.632. The van der Waals surface area contributed by atoms with Crippen LogP contribution in [0.15, 0.2) is 35.4 Å². The predicted molar refractivity (Wildman–Crippen MR) is 90.8 cm³/mol. The lowest BCUT2D eigenvalue weighted by molar-refractivity contribution is 0.0502. The minimum atomic E-state index is 0.373.